The van der Waals surface area contributed by atoms with E-state index >= 15 is 0 Å². The number of thiazole rings is 1. The molecule has 6 nitrogen and oxygen atoms in total. The molecule has 0 unspecified atom stereocenters. The van der Waals surface area contributed by atoms with E-state index in [4.69, 9.17) is 10.5 Å². The Bertz CT molecular complexity index is 468. The zero-order valence-electron chi connectivity index (χ0n) is 10.9. The number of rotatable bonds is 5. The third-order valence-electron chi connectivity index (χ3n) is 2.30. The molecule has 0 atom stereocenters. The second-order valence-corrected chi connectivity index (χ2v) is 5.46. The van der Waals surface area contributed by atoms with Gasteiger partial charge < -0.3 is 15.8 Å². The van der Waals surface area contributed by atoms with E-state index in [1.165, 1.54) is 11.3 Å². The van der Waals surface area contributed by atoms with E-state index in [-0.39, 0.29) is 5.69 Å². The predicted molar refractivity (Wildman–Crippen MR) is 69.7 cm³/mol. The van der Waals surface area contributed by atoms with Crippen molar-refractivity contribution >= 4 is 28.3 Å². The van der Waals surface area contributed by atoms with Gasteiger partial charge in [0.05, 0.1) is 6.61 Å². The van der Waals surface area contributed by atoms with Crippen molar-refractivity contribution in [2.75, 3.05) is 11.9 Å². The summed E-state index contributed by atoms with van der Waals surface area (Å²) in [6.45, 7) is 7.10. The van der Waals surface area contributed by atoms with E-state index < -0.39 is 17.4 Å². The molecule has 18 heavy (non-hydrogen) atoms. The molecule has 7 heteroatoms. The number of hydrogen-bond acceptors (Lipinski definition) is 6. The first-order valence-electron chi connectivity index (χ1n) is 5.50. The van der Waals surface area contributed by atoms with Crippen LogP contribution in [0.4, 0.5) is 5.13 Å². The first kappa shape index (κ1) is 14.4. The molecule has 0 aliphatic heterocycles. The van der Waals surface area contributed by atoms with E-state index in [1.807, 2.05) is 0 Å². The Morgan fingerprint density at radius 1 is 1.50 bits per heavy atom. The van der Waals surface area contributed by atoms with Crippen LogP contribution < -0.4 is 11.1 Å². The van der Waals surface area contributed by atoms with Gasteiger partial charge in [-0.05, 0) is 27.7 Å². The SMILES string of the molecule is CCOC(=O)c1nc(NC(C)(C)C(N)=O)sc1C. The lowest BCUT2D eigenvalue weighted by Crippen LogP contribution is -2.45. The van der Waals surface area contributed by atoms with Crippen LogP contribution in [0.1, 0.15) is 36.1 Å². The van der Waals surface area contributed by atoms with Gasteiger partial charge in [0.15, 0.2) is 10.8 Å². The van der Waals surface area contributed by atoms with Crippen LogP contribution in [0.3, 0.4) is 0 Å². The van der Waals surface area contributed by atoms with E-state index in [0.717, 1.165) is 4.88 Å². The lowest BCUT2D eigenvalue weighted by Gasteiger charge is -2.21. The average molecular weight is 271 g/mol. The van der Waals surface area contributed by atoms with Crippen molar-refractivity contribution in [3.8, 4) is 0 Å². The number of nitrogens with zero attached hydrogens (tertiary/aromatic N) is 1. The maximum Gasteiger partial charge on any atom is 0.358 e. The minimum absolute atomic E-state index is 0.268. The molecule has 1 aromatic heterocycles. The summed E-state index contributed by atoms with van der Waals surface area (Å²) in [4.78, 5) is 27.6. The Kier molecular flexibility index (Phi) is 4.28. The molecule has 3 N–H and O–H groups in total. The molecule has 1 rings (SSSR count). The van der Waals surface area contributed by atoms with Crippen molar-refractivity contribution in [3.05, 3.63) is 10.6 Å². The Morgan fingerprint density at radius 3 is 2.61 bits per heavy atom. The standard InChI is InChI=1S/C11H17N3O3S/c1-5-17-8(15)7-6(2)18-10(13-7)14-11(3,4)9(12)16/h5H2,1-4H3,(H2,12,16)(H,13,14). The fourth-order valence-corrected chi connectivity index (χ4v) is 2.13. The van der Waals surface area contributed by atoms with Gasteiger partial charge in [-0.1, -0.05) is 0 Å². The summed E-state index contributed by atoms with van der Waals surface area (Å²) >= 11 is 1.28. The van der Waals surface area contributed by atoms with Crippen LogP contribution in [0.15, 0.2) is 0 Å². The highest BCUT2D eigenvalue weighted by atomic mass is 32.1. The molecule has 1 heterocycles. The number of hydrogen-bond donors (Lipinski definition) is 2. The minimum atomic E-state index is -0.920. The summed E-state index contributed by atoms with van der Waals surface area (Å²) < 4.78 is 4.89. The van der Waals surface area contributed by atoms with E-state index in [0.29, 0.717) is 11.7 Å². The molecular formula is C11H17N3O3S. The third-order valence-corrected chi connectivity index (χ3v) is 3.19. The number of carbonyl (C=O) groups excluding carboxylic acids is 2. The van der Waals surface area contributed by atoms with Crippen molar-refractivity contribution < 1.29 is 14.3 Å². The van der Waals surface area contributed by atoms with Crippen LogP contribution in [-0.2, 0) is 9.53 Å². The molecule has 0 aliphatic carbocycles. The first-order valence-corrected chi connectivity index (χ1v) is 6.32. The topological polar surface area (TPSA) is 94.3 Å². The van der Waals surface area contributed by atoms with Gasteiger partial charge in [0.1, 0.15) is 5.54 Å². The Hall–Kier alpha value is -1.63. The first-order chi connectivity index (χ1) is 8.27. The van der Waals surface area contributed by atoms with Gasteiger partial charge in [-0.3, -0.25) is 4.79 Å². The van der Waals surface area contributed by atoms with E-state index in [2.05, 4.69) is 10.3 Å². The Balaban J connectivity index is 2.91. The summed E-state index contributed by atoms with van der Waals surface area (Å²) in [7, 11) is 0. The van der Waals surface area contributed by atoms with Crippen molar-refractivity contribution in [2.45, 2.75) is 33.2 Å². The monoisotopic (exact) mass is 271 g/mol. The van der Waals surface area contributed by atoms with Crippen LogP contribution in [0.5, 0.6) is 0 Å². The predicted octanol–water partition coefficient (Wildman–Crippen LogP) is 1.30. The normalized spacial score (nSPS) is 11.1. The van der Waals surface area contributed by atoms with Crippen LogP contribution in [-0.4, -0.2) is 29.0 Å². The van der Waals surface area contributed by atoms with E-state index in [9.17, 15) is 9.59 Å². The second-order valence-electron chi connectivity index (χ2n) is 4.26. The number of primary amides is 1. The lowest BCUT2D eigenvalue weighted by molar-refractivity contribution is -0.121. The second kappa shape index (κ2) is 5.34. The maximum absolute atomic E-state index is 11.6. The van der Waals surface area contributed by atoms with Gasteiger partial charge in [0.25, 0.3) is 0 Å². The molecule has 0 aromatic carbocycles. The van der Waals surface area contributed by atoms with Gasteiger partial charge in [-0.15, -0.1) is 11.3 Å². The molecule has 0 aliphatic rings. The summed E-state index contributed by atoms with van der Waals surface area (Å²) in [5.74, 6) is -0.954. The van der Waals surface area contributed by atoms with Gasteiger partial charge in [0.2, 0.25) is 5.91 Å². The van der Waals surface area contributed by atoms with Crippen molar-refractivity contribution in [1.82, 2.24) is 4.98 Å². The number of amides is 1. The molecule has 0 saturated carbocycles. The molecular weight excluding hydrogens is 254 g/mol. The molecule has 0 saturated heterocycles. The maximum atomic E-state index is 11.6. The van der Waals surface area contributed by atoms with Gasteiger partial charge in [-0.2, -0.15) is 0 Å². The largest absolute Gasteiger partial charge is 0.461 e. The highest BCUT2D eigenvalue weighted by Gasteiger charge is 2.27. The lowest BCUT2D eigenvalue weighted by atomic mass is 10.1. The number of esters is 1. The number of aromatic nitrogens is 1. The number of nitrogens with one attached hydrogen (secondary N) is 1. The smallest absolute Gasteiger partial charge is 0.358 e. The Labute approximate surface area is 110 Å². The fraction of sp³-hybridized carbons (Fsp3) is 0.545. The molecule has 1 aromatic rings. The Morgan fingerprint density at radius 2 is 2.11 bits per heavy atom. The van der Waals surface area contributed by atoms with Crippen LogP contribution in [0, 0.1) is 6.92 Å². The number of ether oxygens (including phenoxy) is 1. The van der Waals surface area contributed by atoms with Gasteiger partial charge in [-0.25, -0.2) is 9.78 Å². The highest BCUT2D eigenvalue weighted by molar-refractivity contribution is 7.15. The third kappa shape index (κ3) is 3.19. The van der Waals surface area contributed by atoms with Gasteiger partial charge >= 0.3 is 5.97 Å². The highest BCUT2D eigenvalue weighted by Crippen LogP contribution is 2.25. The summed E-state index contributed by atoms with van der Waals surface area (Å²) in [6.07, 6.45) is 0. The zero-order chi connectivity index (χ0) is 13.9. The van der Waals surface area contributed by atoms with Crippen LogP contribution in [0.25, 0.3) is 0 Å². The fourth-order valence-electron chi connectivity index (χ4n) is 1.17. The number of aryl methyl sites for hydroxylation is 1. The van der Waals surface area contributed by atoms with E-state index in [1.54, 1.807) is 27.7 Å². The molecule has 1 amide bonds. The summed E-state index contributed by atoms with van der Waals surface area (Å²) in [5.41, 5.74) is 4.60. The quantitative estimate of drug-likeness (QED) is 0.787. The van der Waals surface area contributed by atoms with Crippen LogP contribution in [0.2, 0.25) is 0 Å². The zero-order valence-corrected chi connectivity index (χ0v) is 11.7. The van der Waals surface area contributed by atoms with Crippen molar-refractivity contribution in [1.29, 1.82) is 0 Å². The molecule has 100 valence electrons. The number of anilines is 1. The van der Waals surface area contributed by atoms with Crippen molar-refractivity contribution in [2.24, 2.45) is 5.73 Å². The van der Waals surface area contributed by atoms with Crippen molar-refractivity contribution in [3.63, 3.8) is 0 Å². The van der Waals surface area contributed by atoms with Crippen LogP contribution >= 0.6 is 11.3 Å². The summed E-state index contributed by atoms with van der Waals surface area (Å²) in [5, 5.41) is 3.37. The molecule has 0 fully saturated rings. The summed E-state index contributed by atoms with van der Waals surface area (Å²) in [6, 6.07) is 0. The average Bonchev–Trinajstić information content (AvgIpc) is 2.58. The van der Waals surface area contributed by atoms with Gasteiger partial charge in [0, 0.05) is 4.88 Å². The molecule has 0 spiro atoms. The minimum Gasteiger partial charge on any atom is -0.461 e. The number of carbonyl (C=O) groups is 2. The number of nitrogens with two attached hydrogens (primary N) is 1. The molecule has 0 radical (unpaired) electrons. The molecule has 0 bridgehead atoms.